The lowest BCUT2D eigenvalue weighted by Gasteiger charge is -2.16. The molecule has 2 atom stereocenters. The molecule has 9 heteroatoms. The SMILES string of the molecule is CC(OC(=O)CCS(=O)(=O)O)C(N)C(=O)O. The summed E-state index contributed by atoms with van der Waals surface area (Å²) in [5.74, 6) is -3.06. The quantitative estimate of drug-likeness (QED) is 0.388. The van der Waals surface area contributed by atoms with Crippen molar-refractivity contribution in [3.63, 3.8) is 0 Å². The molecule has 0 spiro atoms. The van der Waals surface area contributed by atoms with Gasteiger partial charge in [-0.05, 0) is 6.92 Å². The van der Waals surface area contributed by atoms with Crippen LogP contribution in [0.3, 0.4) is 0 Å². The Balaban J connectivity index is 4.11. The number of rotatable bonds is 6. The van der Waals surface area contributed by atoms with Crippen LogP contribution in [0.15, 0.2) is 0 Å². The monoisotopic (exact) mass is 255 g/mol. The molecule has 4 N–H and O–H groups in total. The van der Waals surface area contributed by atoms with Crippen molar-refractivity contribution in [3.05, 3.63) is 0 Å². The van der Waals surface area contributed by atoms with Crippen molar-refractivity contribution in [1.82, 2.24) is 0 Å². The van der Waals surface area contributed by atoms with Crippen LogP contribution in [0.2, 0.25) is 0 Å². The van der Waals surface area contributed by atoms with Gasteiger partial charge >= 0.3 is 11.9 Å². The molecule has 0 aliphatic rings. The molecule has 94 valence electrons. The van der Waals surface area contributed by atoms with Crippen molar-refractivity contribution in [2.45, 2.75) is 25.5 Å². The number of carboxylic acid groups (broad SMARTS) is 1. The van der Waals surface area contributed by atoms with Gasteiger partial charge in [0.05, 0.1) is 12.2 Å². The molecule has 0 radical (unpaired) electrons. The third kappa shape index (κ3) is 6.32. The Morgan fingerprint density at radius 2 is 1.94 bits per heavy atom. The molecule has 8 nitrogen and oxygen atoms in total. The third-order valence-corrected chi connectivity index (χ3v) is 2.39. The van der Waals surface area contributed by atoms with Gasteiger partial charge in [-0.1, -0.05) is 0 Å². The molecule has 0 saturated heterocycles. The Labute approximate surface area is 92.1 Å². The van der Waals surface area contributed by atoms with Crippen molar-refractivity contribution in [3.8, 4) is 0 Å². The molecule has 0 bridgehead atoms. The summed E-state index contributed by atoms with van der Waals surface area (Å²) in [5, 5.41) is 8.47. The molecular formula is C7H13NO7S. The van der Waals surface area contributed by atoms with Crippen molar-refractivity contribution >= 4 is 22.1 Å². The van der Waals surface area contributed by atoms with Gasteiger partial charge in [0.25, 0.3) is 10.1 Å². The minimum atomic E-state index is -4.24. The predicted molar refractivity (Wildman–Crippen MR) is 52.2 cm³/mol. The summed E-state index contributed by atoms with van der Waals surface area (Å²) in [6, 6.07) is -1.38. The van der Waals surface area contributed by atoms with Gasteiger partial charge in [-0.15, -0.1) is 0 Å². The van der Waals surface area contributed by atoms with E-state index in [1.54, 1.807) is 0 Å². The minimum absolute atomic E-state index is 0.560. The number of aliphatic carboxylic acids is 1. The van der Waals surface area contributed by atoms with Gasteiger partial charge in [0, 0.05) is 0 Å². The van der Waals surface area contributed by atoms with Crippen LogP contribution in [0.4, 0.5) is 0 Å². The normalized spacial score (nSPS) is 15.2. The van der Waals surface area contributed by atoms with E-state index in [2.05, 4.69) is 4.74 Å². The van der Waals surface area contributed by atoms with Crippen LogP contribution in [0, 0.1) is 0 Å². The molecule has 0 aromatic carbocycles. The maximum atomic E-state index is 11.0. The first-order valence-electron chi connectivity index (χ1n) is 4.26. The standard InChI is InChI=1S/C7H13NO7S/c1-4(6(8)7(10)11)15-5(9)2-3-16(12,13)14/h4,6H,2-3,8H2,1H3,(H,10,11)(H,12,13,14). The first-order valence-corrected chi connectivity index (χ1v) is 5.87. The Morgan fingerprint density at radius 3 is 2.31 bits per heavy atom. The Kier molecular flexibility index (Phi) is 5.35. The smallest absolute Gasteiger partial charge is 0.324 e. The lowest BCUT2D eigenvalue weighted by molar-refractivity contribution is -0.153. The predicted octanol–water partition coefficient (Wildman–Crippen LogP) is -1.39. The van der Waals surface area contributed by atoms with Crippen LogP contribution < -0.4 is 5.73 Å². The number of carbonyl (C=O) groups excluding carboxylic acids is 1. The minimum Gasteiger partial charge on any atom is -0.480 e. The largest absolute Gasteiger partial charge is 0.480 e. The summed E-state index contributed by atoms with van der Waals surface area (Å²) in [6.07, 6.45) is -1.64. The number of hydrogen-bond acceptors (Lipinski definition) is 6. The molecule has 0 aliphatic carbocycles. The van der Waals surface area contributed by atoms with Crippen LogP contribution in [-0.4, -0.2) is 47.9 Å². The number of carboxylic acids is 1. The molecule has 0 fully saturated rings. The number of ether oxygens (including phenoxy) is 1. The highest BCUT2D eigenvalue weighted by atomic mass is 32.2. The van der Waals surface area contributed by atoms with Gasteiger partial charge in [0.15, 0.2) is 0 Å². The molecule has 0 aliphatic heterocycles. The van der Waals surface area contributed by atoms with Gasteiger partial charge in [-0.25, -0.2) is 0 Å². The van der Waals surface area contributed by atoms with Crippen molar-refractivity contribution in [2.24, 2.45) is 5.73 Å². The zero-order valence-electron chi connectivity index (χ0n) is 8.49. The molecular weight excluding hydrogens is 242 g/mol. The summed E-state index contributed by atoms with van der Waals surface area (Å²) in [7, 11) is -4.24. The highest BCUT2D eigenvalue weighted by Crippen LogP contribution is 2.00. The van der Waals surface area contributed by atoms with E-state index < -0.39 is 46.4 Å². The average Bonchev–Trinajstić information content (AvgIpc) is 2.12. The van der Waals surface area contributed by atoms with E-state index in [1.807, 2.05) is 0 Å². The highest BCUT2D eigenvalue weighted by molar-refractivity contribution is 7.85. The van der Waals surface area contributed by atoms with E-state index in [1.165, 1.54) is 6.92 Å². The van der Waals surface area contributed by atoms with E-state index in [9.17, 15) is 18.0 Å². The highest BCUT2D eigenvalue weighted by Gasteiger charge is 2.23. The first-order chi connectivity index (χ1) is 7.13. The van der Waals surface area contributed by atoms with Crippen LogP contribution in [0.1, 0.15) is 13.3 Å². The number of esters is 1. The Hall–Kier alpha value is -1.19. The fourth-order valence-corrected chi connectivity index (χ4v) is 1.18. The summed E-state index contributed by atoms with van der Waals surface area (Å²) in [5.41, 5.74) is 5.15. The second kappa shape index (κ2) is 5.77. The van der Waals surface area contributed by atoms with E-state index in [0.717, 1.165) is 0 Å². The van der Waals surface area contributed by atoms with Crippen LogP contribution in [0.5, 0.6) is 0 Å². The number of nitrogens with two attached hydrogens (primary N) is 1. The maximum Gasteiger partial charge on any atom is 0.324 e. The Bertz CT molecular complexity index is 363. The topological polar surface area (TPSA) is 144 Å². The van der Waals surface area contributed by atoms with Crippen LogP contribution in [-0.2, 0) is 24.4 Å². The number of carbonyl (C=O) groups is 2. The molecule has 0 saturated carbocycles. The van der Waals surface area contributed by atoms with Crippen LogP contribution >= 0.6 is 0 Å². The zero-order chi connectivity index (χ0) is 12.9. The molecule has 0 aromatic rings. The third-order valence-electron chi connectivity index (χ3n) is 1.67. The second-order valence-electron chi connectivity index (χ2n) is 3.10. The Morgan fingerprint density at radius 1 is 1.44 bits per heavy atom. The van der Waals surface area contributed by atoms with E-state index in [-0.39, 0.29) is 0 Å². The van der Waals surface area contributed by atoms with Gasteiger partial charge in [-0.3, -0.25) is 14.1 Å². The van der Waals surface area contributed by atoms with E-state index in [4.69, 9.17) is 15.4 Å². The first kappa shape index (κ1) is 14.8. The fraction of sp³-hybridized carbons (Fsp3) is 0.714. The lowest BCUT2D eigenvalue weighted by atomic mass is 10.2. The van der Waals surface area contributed by atoms with Gasteiger partial charge in [0.1, 0.15) is 12.1 Å². The zero-order valence-corrected chi connectivity index (χ0v) is 9.31. The van der Waals surface area contributed by atoms with Gasteiger partial charge < -0.3 is 15.6 Å². The molecule has 2 unspecified atom stereocenters. The van der Waals surface area contributed by atoms with E-state index >= 15 is 0 Å². The molecule has 0 heterocycles. The summed E-state index contributed by atoms with van der Waals surface area (Å²) < 4.78 is 33.5. The van der Waals surface area contributed by atoms with Gasteiger partial charge in [-0.2, -0.15) is 8.42 Å². The molecule has 16 heavy (non-hydrogen) atoms. The van der Waals surface area contributed by atoms with Crippen LogP contribution in [0.25, 0.3) is 0 Å². The van der Waals surface area contributed by atoms with Gasteiger partial charge in [0.2, 0.25) is 0 Å². The summed E-state index contributed by atoms with van der Waals surface area (Å²) in [6.45, 7) is 1.27. The lowest BCUT2D eigenvalue weighted by Crippen LogP contribution is -2.42. The summed E-state index contributed by atoms with van der Waals surface area (Å²) in [4.78, 5) is 21.4. The second-order valence-corrected chi connectivity index (χ2v) is 4.67. The van der Waals surface area contributed by atoms with Crippen molar-refractivity contribution in [1.29, 1.82) is 0 Å². The number of hydrogen-bond donors (Lipinski definition) is 3. The average molecular weight is 255 g/mol. The fourth-order valence-electron chi connectivity index (χ4n) is 0.753. The van der Waals surface area contributed by atoms with Crippen molar-refractivity contribution in [2.75, 3.05) is 5.75 Å². The summed E-state index contributed by atoms with van der Waals surface area (Å²) >= 11 is 0. The van der Waals surface area contributed by atoms with Crippen molar-refractivity contribution < 1.29 is 32.4 Å². The van der Waals surface area contributed by atoms with E-state index in [0.29, 0.717) is 0 Å². The molecule has 0 aromatic heterocycles. The molecule has 0 rings (SSSR count). The molecule has 0 amide bonds. The maximum absolute atomic E-state index is 11.0.